The zero-order valence-electron chi connectivity index (χ0n) is 17.7. The van der Waals surface area contributed by atoms with Crippen LogP contribution in [0.1, 0.15) is 30.5 Å². The largest absolute Gasteiger partial charge is 0.356 e. The van der Waals surface area contributed by atoms with Gasteiger partial charge in [0.05, 0.1) is 6.54 Å². The molecule has 30 heavy (non-hydrogen) atoms. The molecule has 2 N–H and O–H groups in total. The zero-order chi connectivity index (χ0) is 20.9. The van der Waals surface area contributed by atoms with Crippen molar-refractivity contribution in [2.24, 2.45) is 4.99 Å². The lowest BCUT2D eigenvalue weighted by Gasteiger charge is -2.29. The van der Waals surface area contributed by atoms with Crippen LogP contribution in [0.4, 0.5) is 4.39 Å². The summed E-state index contributed by atoms with van der Waals surface area (Å²) in [4.78, 5) is 18.7. The highest BCUT2D eigenvalue weighted by Gasteiger charge is 2.23. The number of nitrogens with one attached hydrogen (secondary N) is 2. The predicted molar refractivity (Wildman–Crippen MR) is 130 cm³/mol. The Morgan fingerprint density at radius 1 is 1.13 bits per heavy atom. The molecule has 0 saturated heterocycles. The molecule has 1 heterocycles. The van der Waals surface area contributed by atoms with Crippen LogP contribution in [-0.4, -0.2) is 43.4 Å². The van der Waals surface area contributed by atoms with Gasteiger partial charge in [-0.15, -0.1) is 24.0 Å². The van der Waals surface area contributed by atoms with E-state index in [2.05, 4.69) is 27.8 Å². The summed E-state index contributed by atoms with van der Waals surface area (Å²) in [5.74, 6) is 0.360. The lowest BCUT2D eigenvalue weighted by Crippen LogP contribution is -2.48. The molecule has 2 aromatic carbocycles. The van der Waals surface area contributed by atoms with Gasteiger partial charge in [-0.2, -0.15) is 0 Å². The monoisotopic (exact) mass is 524 g/mol. The zero-order valence-corrected chi connectivity index (χ0v) is 20.1. The van der Waals surface area contributed by atoms with Crippen LogP contribution in [0.15, 0.2) is 53.5 Å². The van der Waals surface area contributed by atoms with Gasteiger partial charge in [0.15, 0.2) is 5.96 Å². The van der Waals surface area contributed by atoms with E-state index in [9.17, 15) is 9.18 Å². The molecule has 0 radical (unpaired) electrons. The van der Waals surface area contributed by atoms with E-state index in [0.29, 0.717) is 19.0 Å². The number of amides is 1. The van der Waals surface area contributed by atoms with Gasteiger partial charge in [-0.05, 0) is 35.2 Å². The Kier molecular flexibility index (Phi) is 8.64. The normalized spacial score (nSPS) is 13.9. The first-order valence-electron chi connectivity index (χ1n) is 9.94. The number of rotatable bonds is 5. The average molecular weight is 524 g/mol. The van der Waals surface area contributed by atoms with Crippen LogP contribution in [0, 0.1) is 5.82 Å². The second-order valence-corrected chi connectivity index (χ2v) is 8.01. The number of fused-ring (bicyclic) bond motifs is 1. The summed E-state index contributed by atoms with van der Waals surface area (Å²) >= 11 is 0. The number of benzene rings is 2. The van der Waals surface area contributed by atoms with Gasteiger partial charge in [-0.3, -0.25) is 9.79 Å². The van der Waals surface area contributed by atoms with Crippen LogP contribution in [0.3, 0.4) is 0 Å². The number of nitrogens with zero attached hydrogens (tertiary/aromatic N) is 2. The molecule has 7 heteroatoms. The fraction of sp³-hybridized carbons (Fsp3) is 0.391. The molecule has 5 nitrogen and oxygen atoms in total. The first kappa shape index (κ1) is 24.1. The Hall–Kier alpha value is -2.16. The minimum Gasteiger partial charge on any atom is -0.356 e. The molecule has 0 spiro atoms. The van der Waals surface area contributed by atoms with Crippen molar-refractivity contribution in [3.63, 3.8) is 0 Å². The molecule has 2 aromatic rings. The summed E-state index contributed by atoms with van der Waals surface area (Å²) in [7, 11) is 1.67. The number of halogens is 2. The molecule has 0 fully saturated rings. The molecule has 0 saturated carbocycles. The van der Waals surface area contributed by atoms with Gasteiger partial charge in [0.1, 0.15) is 5.82 Å². The van der Waals surface area contributed by atoms with Crippen LogP contribution in [0.25, 0.3) is 0 Å². The van der Waals surface area contributed by atoms with Gasteiger partial charge < -0.3 is 15.5 Å². The fourth-order valence-electron chi connectivity index (χ4n) is 3.52. The maximum absolute atomic E-state index is 13.5. The van der Waals surface area contributed by atoms with E-state index in [4.69, 9.17) is 0 Å². The van der Waals surface area contributed by atoms with Crippen molar-refractivity contribution in [2.75, 3.05) is 26.7 Å². The van der Waals surface area contributed by atoms with Crippen LogP contribution in [-0.2, 0) is 23.2 Å². The lowest BCUT2D eigenvalue weighted by molar-refractivity contribution is -0.130. The second-order valence-electron chi connectivity index (χ2n) is 8.01. The van der Waals surface area contributed by atoms with Crippen molar-refractivity contribution in [3.8, 4) is 0 Å². The van der Waals surface area contributed by atoms with E-state index in [1.165, 1.54) is 17.2 Å². The van der Waals surface area contributed by atoms with Crippen LogP contribution < -0.4 is 10.6 Å². The molecule has 0 atom stereocenters. The molecular formula is C23H30FIN4O. The third-order valence-electron chi connectivity index (χ3n) is 5.42. The highest BCUT2D eigenvalue weighted by atomic mass is 127. The maximum atomic E-state index is 13.5. The Bertz CT molecular complexity index is 900. The van der Waals surface area contributed by atoms with Crippen molar-refractivity contribution in [2.45, 2.75) is 32.2 Å². The van der Waals surface area contributed by atoms with Crippen molar-refractivity contribution in [1.82, 2.24) is 15.5 Å². The van der Waals surface area contributed by atoms with E-state index >= 15 is 0 Å². The van der Waals surface area contributed by atoms with E-state index in [0.717, 1.165) is 18.5 Å². The molecule has 0 aromatic heterocycles. The molecule has 0 unspecified atom stereocenters. The summed E-state index contributed by atoms with van der Waals surface area (Å²) in [6.07, 6.45) is 0.886. The number of aliphatic imine (C=N–C) groups is 1. The van der Waals surface area contributed by atoms with Crippen LogP contribution in [0.5, 0.6) is 0 Å². The predicted octanol–water partition coefficient (Wildman–Crippen LogP) is 3.47. The van der Waals surface area contributed by atoms with Gasteiger partial charge in [-0.1, -0.05) is 50.2 Å². The number of hydrogen-bond acceptors (Lipinski definition) is 2. The second kappa shape index (κ2) is 10.7. The lowest BCUT2D eigenvalue weighted by atomic mass is 9.84. The minimum absolute atomic E-state index is 0. The van der Waals surface area contributed by atoms with Gasteiger partial charge in [-0.25, -0.2) is 4.39 Å². The Labute approximate surface area is 195 Å². The SMILES string of the molecule is CN=C(NCC(=O)N1CCc2ccccc2C1)NCC(C)(C)c1cccc(F)c1.I. The summed E-state index contributed by atoms with van der Waals surface area (Å²) in [5.41, 5.74) is 3.15. The molecule has 162 valence electrons. The van der Waals surface area contributed by atoms with Crippen molar-refractivity contribution >= 4 is 35.8 Å². The van der Waals surface area contributed by atoms with Crippen molar-refractivity contribution in [3.05, 3.63) is 71.0 Å². The maximum Gasteiger partial charge on any atom is 0.242 e. The molecule has 1 aliphatic heterocycles. The molecule has 1 aliphatic rings. The summed E-state index contributed by atoms with van der Waals surface area (Å²) in [6.45, 7) is 6.20. The third kappa shape index (κ3) is 6.17. The molecule has 1 amide bonds. The van der Waals surface area contributed by atoms with E-state index < -0.39 is 0 Å². The van der Waals surface area contributed by atoms with E-state index in [1.807, 2.05) is 36.9 Å². The fourth-order valence-corrected chi connectivity index (χ4v) is 3.52. The standard InChI is InChI=1S/C23H29FN4O.HI/c1-23(2,19-9-6-10-20(24)13-19)16-27-22(25-3)26-14-21(29)28-12-11-17-7-4-5-8-18(17)15-28;/h4-10,13H,11-12,14-16H2,1-3H3,(H2,25,26,27);1H. The third-order valence-corrected chi connectivity index (χ3v) is 5.42. The van der Waals surface area contributed by atoms with Gasteiger partial charge in [0.25, 0.3) is 0 Å². The van der Waals surface area contributed by atoms with Gasteiger partial charge in [0.2, 0.25) is 5.91 Å². The molecule has 0 bridgehead atoms. The van der Waals surface area contributed by atoms with Crippen LogP contribution in [0.2, 0.25) is 0 Å². The van der Waals surface area contributed by atoms with E-state index in [-0.39, 0.29) is 47.7 Å². The number of carbonyl (C=O) groups excluding carboxylic acids is 1. The number of carbonyl (C=O) groups is 1. The summed E-state index contributed by atoms with van der Waals surface area (Å²) < 4.78 is 13.5. The molecule has 0 aliphatic carbocycles. The number of hydrogen-bond donors (Lipinski definition) is 2. The first-order valence-corrected chi connectivity index (χ1v) is 9.94. The average Bonchev–Trinajstić information content (AvgIpc) is 2.73. The van der Waals surface area contributed by atoms with Crippen molar-refractivity contribution in [1.29, 1.82) is 0 Å². The van der Waals surface area contributed by atoms with Gasteiger partial charge >= 0.3 is 0 Å². The van der Waals surface area contributed by atoms with E-state index in [1.54, 1.807) is 19.2 Å². The first-order chi connectivity index (χ1) is 13.9. The van der Waals surface area contributed by atoms with Crippen LogP contribution >= 0.6 is 24.0 Å². The van der Waals surface area contributed by atoms with Gasteiger partial charge in [0, 0.05) is 32.1 Å². The Morgan fingerprint density at radius 3 is 2.57 bits per heavy atom. The Balaban J connectivity index is 0.00000320. The highest BCUT2D eigenvalue weighted by Crippen LogP contribution is 2.23. The molecule has 3 rings (SSSR count). The smallest absolute Gasteiger partial charge is 0.242 e. The molecular weight excluding hydrogens is 494 g/mol. The Morgan fingerprint density at radius 2 is 1.87 bits per heavy atom. The van der Waals surface area contributed by atoms with Crippen molar-refractivity contribution < 1.29 is 9.18 Å². The highest BCUT2D eigenvalue weighted by molar-refractivity contribution is 14.0. The minimum atomic E-state index is -0.291. The quantitative estimate of drug-likeness (QED) is 0.358. The number of guanidine groups is 1. The summed E-state index contributed by atoms with van der Waals surface area (Å²) in [5, 5.41) is 6.35. The summed E-state index contributed by atoms with van der Waals surface area (Å²) in [6, 6.07) is 14.9. The topological polar surface area (TPSA) is 56.7 Å².